The molecule has 2 atom stereocenters. The van der Waals surface area contributed by atoms with Gasteiger partial charge in [-0.25, -0.2) is 4.98 Å². The normalized spacial score (nSPS) is 23.1. The number of thiazole rings is 1. The van der Waals surface area contributed by atoms with Crippen LogP contribution in [-0.2, 0) is 9.53 Å². The van der Waals surface area contributed by atoms with Crippen LogP contribution in [0, 0.1) is 0 Å². The predicted molar refractivity (Wildman–Crippen MR) is 84.8 cm³/mol. The van der Waals surface area contributed by atoms with Crippen LogP contribution in [0.3, 0.4) is 0 Å². The molecule has 112 valence electrons. The average Bonchev–Trinajstić information content (AvgIpc) is 3.10. The van der Waals surface area contributed by atoms with Crippen molar-refractivity contribution in [2.75, 3.05) is 25.0 Å². The van der Waals surface area contributed by atoms with Crippen LogP contribution in [-0.4, -0.2) is 41.5 Å². The van der Waals surface area contributed by atoms with Crippen LogP contribution in [0.15, 0.2) is 28.4 Å². The fraction of sp³-hybridized carbons (Fsp3) is 0.429. The highest BCUT2D eigenvalue weighted by Gasteiger charge is 2.27. The van der Waals surface area contributed by atoms with Crippen LogP contribution in [0.4, 0.5) is 5.13 Å². The number of aromatic nitrogens is 1. The molecule has 0 spiro atoms. The molecule has 0 radical (unpaired) electrons. The van der Waals surface area contributed by atoms with E-state index in [4.69, 9.17) is 4.74 Å². The second-order valence-electron chi connectivity index (χ2n) is 5.07. The number of hydrogen-bond donors (Lipinski definition) is 1. The van der Waals surface area contributed by atoms with Crippen molar-refractivity contribution >= 4 is 33.7 Å². The van der Waals surface area contributed by atoms with Crippen LogP contribution in [0.2, 0.25) is 0 Å². The summed E-state index contributed by atoms with van der Waals surface area (Å²) in [4.78, 5) is 18.3. The highest BCUT2D eigenvalue weighted by Crippen LogP contribution is 2.26. The Labute approximate surface area is 131 Å². The van der Waals surface area contributed by atoms with E-state index >= 15 is 0 Å². The Hall–Kier alpha value is -1.28. The number of morpholine rings is 1. The highest BCUT2D eigenvalue weighted by atomic mass is 32.1. The van der Waals surface area contributed by atoms with E-state index in [0.717, 1.165) is 13.1 Å². The molecule has 2 aromatic rings. The first-order valence-corrected chi connectivity index (χ1v) is 8.62. The number of rotatable bonds is 4. The summed E-state index contributed by atoms with van der Waals surface area (Å²) in [6.45, 7) is 3.93. The Balaban J connectivity index is 1.58. The molecule has 1 amide bonds. The van der Waals surface area contributed by atoms with Gasteiger partial charge in [-0.2, -0.15) is 11.3 Å². The number of ether oxygens (including phenoxy) is 1. The molecule has 1 aliphatic rings. The molecule has 1 N–H and O–H groups in total. The predicted octanol–water partition coefficient (Wildman–Crippen LogP) is 2.61. The largest absolute Gasteiger partial charge is 0.368 e. The Bertz CT molecular complexity index is 571. The molecule has 0 saturated carbocycles. The molecule has 2 unspecified atom stereocenters. The monoisotopic (exact) mass is 323 g/mol. The second-order valence-corrected chi connectivity index (χ2v) is 6.75. The standard InChI is InChI=1S/C14H17N3O2S2/c1-10-6-17(7-12(19-10)11-2-4-20-9-11)8-13(18)16-14-15-3-5-21-14/h2-5,9-10,12H,6-8H2,1H3,(H,15,16,18). The van der Waals surface area contributed by atoms with Crippen LogP contribution in [0.1, 0.15) is 18.6 Å². The number of nitrogens with zero attached hydrogens (tertiary/aromatic N) is 2. The van der Waals surface area contributed by atoms with Crippen LogP contribution >= 0.6 is 22.7 Å². The summed E-state index contributed by atoms with van der Waals surface area (Å²) in [7, 11) is 0. The van der Waals surface area contributed by atoms with Gasteiger partial charge in [0.25, 0.3) is 0 Å². The highest BCUT2D eigenvalue weighted by molar-refractivity contribution is 7.13. The molecule has 7 heteroatoms. The van der Waals surface area contributed by atoms with E-state index in [-0.39, 0.29) is 18.1 Å². The maximum Gasteiger partial charge on any atom is 0.240 e. The molecule has 21 heavy (non-hydrogen) atoms. The van der Waals surface area contributed by atoms with E-state index in [9.17, 15) is 4.79 Å². The third kappa shape index (κ3) is 3.88. The van der Waals surface area contributed by atoms with Crippen molar-refractivity contribution in [3.05, 3.63) is 34.0 Å². The van der Waals surface area contributed by atoms with Crippen LogP contribution in [0.25, 0.3) is 0 Å². The number of hydrogen-bond acceptors (Lipinski definition) is 6. The summed E-state index contributed by atoms with van der Waals surface area (Å²) in [5.41, 5.74) is 1.19. The van der Waals surface area contributed by atoms with Crippen molar-refractivity contribution in [3.63, 3.8) is 0 Å². The second kappa shape index (κ2) is 6.65. The summed E-state index contributed by atoms with van der Waals surface area (Å²) in [6, 6.07) is 2.08. The van der Waals surface area contributed by atoms with E-state index in [1.165, 1.54) is 16.9 Å². The topological polar surface area (TPSA) is 54.5 Å². The number of amides is 1. The molecule has 5 nitrogen and oxygen atoms in total. The van der Waals surface area contributed by atoms with E-state index in [1.807, 2.05) is 12.3 Å². The zero-order valence-corrected chi connectivity index (χ0v) is 13.3. The third-order valence-corrected chi connectivity index (χ3v) is 4.69. The average molecular weight is 323 g/mol. The van der Waals surface area contributed by atoms with Gasteiger partial charge < -0.3 is 10.1 Å². The number of carbonyl (C=O) groups excluding carboxylic acids is 1. The molecule has 1 fully saturated rings. The fourth-order valence-electron chi connectivity index (χ4n) is 2.46. The smallest absolute Gasteiger partial charge is 0.240 e. The number of anilines is 1. The van der Waals surface area contributed by atoms with Gasteiger partial charge in [0, 0.05) is 24.7 Å². The molecule has 1 aliphatic heterocycles. The Morgan fingerprint density at radius 1 is 1.52 bits per heavy atom. The Morgan fingerprint density at radius 2 is 2.43 bits per heavy atom. The van der Waals surface area contributed by atoms with Gasteiger partial charge in [-0.05, 0) is 29.3 Å². The first kappa shape index (κ1) is 14.6. The fourth-order valence-corrected chi connectivity index (χ4v) is 3.70. The van der Waals surface area contributed by atoms with Gasteiger partial charge in [0.15, 0.2) is 5.13 Å². The molecule has 2 aromatic heterocycles. The lowest BCUT2D eigenvalue weighted by Gasteiger charge is -2.36. The van der Waals surface area contributed by atoms with E-state index in [1.54, 1.807) is 17.5 Å². The number of carbonyl (C=O) groups is 1. The Kier molecular flexibility index (Phi) is 4.64. The van der Waals surface area contributed by atoms with Gasteiger partial charge in [0.1, 0.15) is 0 Å². The number of thiophene rings is 1. The van der Waals surface area contributed by atoms with Crippen LogP contribution < -0.4 is 5.32 Å². The summed E-state index contributed by atoms with van der Waals surface area (Å²) >= 11 is 3.10. The third-order valence-electron chi connectivity index (χ3n) is 3.30. The summed E-state index contributed by atoms with van der Waals surface area (Å²) < 4.78 is 5.97. The first-order valence-electron chi connectivity index (χ1n) is 6.80. The molecule has 0 bridgehead atoms. The van der Waals surface area contributed by atoms with Gasteiger partial charge in [-0.1, -0.05) is 0 Å². The maximum absolute atomic E-state index is 12.1. The van der Waals surface area contributed by atoms with Gasteiger partial charge in [-0.3, -0.25) is 9.69 Å². The quantitative estimate of drug-likeness (QED) is 0.940. The van der Waals surface area contributed by atoms with Crippen molar-refractivity contribution < 1.29 is 9.53 Å². The lowest BCUT2D eigenvalue weighted by molar-refractivity contribution is -0.122. The van der Waals surface area contributed by atoms with E-state index in [0.29, 0.717) is 11.7 Å². The Morgan fingerprint density at radius 3 is 3.14 bits per heavy atom. The zero-order valence-electron chi connectivity index (χ0n) is 11.7. The lowest BCUT2D eigenvalue weighted by Crippen LogP contribution is -2.45. The van der Waals surface area contributed by atoms with Gasteiger partial charge in [0.2, 0.25) is 5.91 Å². The van der Waals surface area contributed by atoms with E-state index in [2.05, 4.69) is 32.0 Å². The minimum atomic E-state index is -0.0249. The molecule has 3 heterocycles. The van der Waals surface area contributed by atoms with Crippen molar-refractivity contribution in [3.8, 4) is 0 Å². The summed E-state index contributed by atoms with van der Waals surface area (Å²) in [6.07, 6.45) is 1.85. The van der Waals surface area contributed by atoms with Gasteiger partial charge >= 0.3 is 0 Å². The summed E-state index contributed by atoms with van der Waals surface area (Å²) in [5, 5.41) is 9.48. The van der Waals surface area contributed by atoms with Gasteiger partial charge in [0.05, 0.1) is 18.8 Å². The molecular weight excluding hydrogens is 306 g/mol. The van der Waals surface area contributed by atoms with Crippen molar-refractivity contribution in [2.24, 2.45) is 0 Å². The van der Waals surface area contributed by atoms with Crippen molar-refractivity contribution in [1.29, 1.82) is 0 Å². The van der Waals surface area contributed by atoms with Crippen LogP contribution in [0.5, 0.6) is 0 Å². The molecule has 3 rings (SSSR count). The molecule has 1 saturated heterocycles. The minimum absolute atomic E-state index is 0.0249. The SMILES string of the molecule is CC1CN(CC(=O)Nc2nccs2)CC(c2ccsc2)O1. The molecular formula is C14H17N3O2S2. The number of nitrogens with one attached hydrogen (secondary N) is 1. The lowest BCUT2D eigenvalue weighted by atomic mass is 10.1. The first-order chi connectivity index (χ1) is 10.2. The minimum Gasteiger partial charge on any atom is -0.368 e. The molecule has 0 aliphatic carbocycles. The summed E-state index contributed by atoms with van der Waals surface area (Å²) in [5.74, 6) is -0.0249. The van der Waals surface area contributed by atoms with E-state index < -0.39 is 0 Å². The zero-order chi connectivity index (χ0) is 14.7. The maximum atomic E-state index is 12.1. The van der Waals surface area contributed by atoms with Crippen molar-refractivity contribution in [2.45, 2.75) is 19.1 Å². The van der Waals surface area contributed by atoms with Gasteiger partial charge in [-0.15, -0.1) is 11.3 Å². The molecule has 0 aromatic carbocycles. The van der Waals surface area contributed by atoms with Crippen molar-refractivity contribution in [1.82, 2.24) is 9.88 Å².